The summed E-state index contributed by atoms with van der Waals surface area (Å²) in [5, 5.41) is 26.2. The molecule has 0 saturated carbocycles. The molecule has 0 aliphatic rings. The largest absolute Gasteiger partial charge is 0.456 e. The third-order valence-electron chi connectivity index (χ3n) is 10.2. The summed E-state index contributed by atoms with van der Waals surface area (Å²) < 4.78 is 13.1. The average Bonchev–Trinajstić information content (AvgIpc) is 3.71. The van der Waals surface area contributed by atoms with Gasteiger partial charge in [0.1, 0.15) is 22.3 Å². The summed E-state index contributed by atoms with van der Waals surface area (Å²) in [5.41, 5.74) is 8.23. The van der Waals surface area contributed by atoms with E-state index in [1.54, 1.807) is 0 Å². The minimum absolute atomic E-state index is 0.762. The number of aliphatic hydroxyl groups is 2. The molecule has 54 heavy (non-hydrogen) atoms. The van der Waals surface area contributed by atoms with Gasteiger partial charge >= 0.3 is 0 Å². The van der Waals surface area contributed by atoms with Crippen LogP contribution in [0.2, 0.25) is 0 Å². The minimum atomic E-state index is -1.06. The van der Waals surface area contributed by atoms with E-state index in [9.17, 15) is 10.2 Å². The molecule has 0 amide bonds. The van der Waals surface area contributed by atoms with Crippen LogP contribution < -0.4 is 9.80 Å². The number of para-hydroxylation sites is 4. The first-order valence-corrected chi connectivity index (χ1v) is 18.2. The zero-order valence-corrected chi connectivity index (χ0v) is 30.6. The Morgan fingerprint density at radius 1 is 0.370 bits per heavy atom. The molecule has 0 fully saturated rings. The zero-order chi connectivity index (χ0) is 37.2. The molecule has 2 aromatic heterocycles. The zero-order valence-electron chi connectivity index (χ0n) is 30.6. The maximum Gasteiger partial charge on any atom is 0.136 e. The number of hydrogen-bond donors (Lipinski definition) is 2. The highest BCUT2D eigenvalue weighted by molar-refractivity contribution is 6.16. The SMILES string of the molecule is CC(C)(O)c1ccccc1N(c1ccccc1)c1ccc2oc3cc4c(cc3c2c1)oc1ccc(N(c2ccccc2)c2ccccc2C(C)(C)O)cc14. The van der Waals surface area contributed by atoms with Crippen molar-refractivity contribution in [2.45, 2.75) is 38.9 Å². The van der Waals surface area contributed by atoms with Crippen LogP contribution in [0.1, 0.15) is 38.8 Å². The minimum Gasteiger partial charge on any atom is -0.456 e. The van der Waals surface area contributed by atoms with E-state index < -0.39 is 11.2 Å². The first-order chi connectivity index (χ1) is 26.0. The van der Waals surface area contributed by atoms with Crippen molar-refractivity contribution < 1.29 is 19.0 Å². The molecule has 266 valence electrons. The van der Waals surface area contributed by atoms with Crippen LogP contribution in [0.3, 0.4) is 0 Å². The lowest BCUT2D eigenvalue weighted by atomic mass is 9.95. The lowest BCUT2D eigenvalue weighted by molar-refractivity contribution is 0.0786. The lowest BCUT2D eigenvalue weighted by Crippen LogP contribution is -2.21. The third-order valence-corrected chi connectivity index (χ3v) is 10.2. The van der Waals surface area contributed by atoms with Crippen LogP contribution in [0, 0.1) is 0 Å². The van der Waals surface area contributed by atoms with Crippen LogP contribution in [0.25, 0.3) is 43.9 Å². The molecular formula is C48H40N2O4. The highest BCUT2D eigenvalue weighted by Crippen LogP contribution is 2.45. The summed E-state index contributed by atoms with van der Waals surface area (Å²) in [5.74, 6) is 0. The summed E-state index contributed by atoms with van der Waals surface area (Å²) >= 11 is 0. The fourth-order valence-electron chi connectivity index (χ4n) is 7.68. The summed E-state index contributed by atoms with van der Waals surface area (Å²) in [7, 11) is 0. The van der Waals surface area contributed by atoms with Gasteiger partial charge < -0.3 is 28.8 Å². The Hall–Kier alpha value is -6.34. The quantitative estimate of drug-likeness (QED) is 0.164. The number of fused-ring (bicyclic) bond motifs is 6. The Morgan fingerprint density at radius 3 is 1.11 bits per heavy atom. The number of nitrogens with zero attached hydrogens (tertiary/aromatic N) is 2. The van der Waals surface area contributed by atoms with Crippen molar-refractivity contribution >= 4 is 78.0 Å². The Bertz CT molecular complexity index is 2610. The van der Waals surface area contributed by atoms with E-state index in [1.165, 1.54) is 0 Å². The van der Waals surface area contributed by atoms with Crippen molar-refractivity contribution in [1.82, 2.24) is 0 Å². The maximum absolute atomic E-state index is 11.2. The van der Waals surface area contributed by atoms with Crippen LogP contribution in [-0.4, -0.2) is 10.2 Å². The second kappa shape index (κ2) is 12.7. The number of anilines is 6. The van der Waals surface area contributed by atoms with E-state index in [0.29, 0.717) is 0 Å². The normalized spacial score (nSPS) is 12.3. The Morgan fingerprint density at radius 2 is 0.722 bits per heavy atom. The predicted octanol–water partition coefficient (Wildman–Crippen LogP) is 12.9. The van der Waals surface area contributed by atoms with E-state index in [1.807, 2.05) is 125 Å². The number of benzene rings is 7. The van der Waals surface area contributed by atoms with Gasteiger partial charge in [0.2, 0.25) is 0 Å². The Balaban J connectivity index is 1.20. The number of hydrogen-bond acceptors (Lipinski definition) is 6. The van der Waals surface area contributed by atoms with E-state index >= 15 is 0 Å². The van der Waals surface area contributed by atoms with Gasteiger partial charge in [0.25, 0.3) is 0 Å². The van der Waals surface area contributed by atoms with Gasteiger partial charge in [0.05, 0.1) is 22.6 Å². The smallest absolute Gasteiger partial charge is 0.136 e. The van der Waals surface area contributed by atoms with Gasteiger partial charge in [-0.15, -0.1) is 0 Å². The van der Waals surface area contributed by atoms with E-state index in [2.05, 4.69) is 70.5 Å². The van der Waals surface area contributed by atoms with Crippen molar-refractivity contribution in [1.29, 1.82) is 0 Å². The van der Waals surface area contributed by atoms with Crippen LogP contribution >= 0.6 is 0 Å². The van der Waals surface area contributed by atoms with E-state index in [0.717, 1.165) is 89.1 Å². The van der Waals surface area contributed by atoms with Gasteiger partial charge in [-0.05, 0) is 113 Å². The highest BCUT2D eigenvalue weighted by atomic mass is 16.3. The molecule has 0 aliphatic carbocycles. The van der Waals surface area contributed by atoms with Crippen molar-refractivity contribution in [2.24, 2.45) is 0 Å². The van der Waals surface area contributed by atoms with Gasteiger partial charge in [-0.1, -0.05) is 72.8 Å². The second-order valence-corrected chi connectivity index (χ2v) is 14.9. The summed E-state index contributed by atoms with van der Waals surface area (Å²) in [6.07, 6.45) is 0. The Kier molecular flexibility index (Phi) is 7.85. The van der Waals surface area contributed by atoms with Crippen LogP contribution in [-0.2, 0) is 11.2 Å². The lowest BCUT2D eigenvalue weighted by Gasteiger charge is -2.31. The van der Waals surface area contributed by atoms with Gasteiger partial charge in [-0.3, -0.25) is 0 Å². The Labute approximate surface area is 313 Å². The summed E-state index contributed by atoms with van der Waals surface area (Å²) in [6, 6.07) is 53.0. The molecular weight excluding hydrogens is 669 g/mol. The molecule has 0 aliphatic heterocycles. The van der Waals surface area contributed by atoms with Gasteiger partial charge in [0.15, 0.2) is 0 Å². The van der Waals surface area contributed by atoms with Crippen molar-refractivity contribution in [3.8, 4) is 0 Å². The van der Waals surface area contributed by atoms with E-state index in [-0.39, 0.29) is 0 Å². The van der Waals surface area contributed by atoms with Crippen LogP contribution in [0.4, 0.5) is 34.1 Å². The fourth-order valence-corrected chi connectivity index (χ4v) is 7.68. The molecule has 9 rings (SSSR count). The molecule has 0 unspecified atom stereocenters. The van der Waals surface area contributed by atoms with Crippen LogP contribution in [0.5, 0.6) is 0 Å². The summed E-state index contributed by atoms with van der Waals surface area (Å²) in [4.78, 5) is 4.36. The molecule has 7 aromatic carbocycles. The first kappa shape index (κ1) is 33.5. The van der Waals surface area contributed by atoms with Crippen molar-refractivity contribution in [3.63, 3.8) is 0 Å². The molecule has 0 spiro atoms. The van der Waals surface area contributed by atoms with E-state index in [4.69, 9.17) is 8.83 Å². The predicted molar refractivity (Wildman–Crippen MR) is 221 cm³/mol. The van der Waals surface area contributed by atoms with Crippen molar-refractivity contribution in [3.05, 3.63) is 169 Å². The second-order valence-electron chi connectivity index (χ2n) is 14.9. The fraction of sp³-hybridized carbons (Fsp3) is 0.125. The molecule has 0 atom stereocenters. The average molecular weight is 709 g/mol. The molecule has 2 heterocycles. The molecule has 2 N–H and O–H groups in total. The maximum atomic E-state index is 11.2. The topological polar surface area (TPSA) is 73.2 Å². The molecule has 0 saturated heterocycles. The van der Waals surface area contributed by atoms with Gasteiger partial charge in [0, 0.05) is 55.4 Å². The molecule has 6 heteroatoms. The first-order valence-electron chi connectivity index (χ1n) is 18.2. The summed E-state index contributed by atoms with van der Waals surface area (Å²) in [6.45, 7) is 7.27. The monoisotopic (exact) mass is 708 g/mol. The standard InChI is InChI=1S/C48H40N2O4/c1-47(2,51)39-19-11-13-21-41(39)49(31-15-7-5-8-16-31)33-23-25-43-35(27-33)37-29-46-38(30-45(37)53-43)36-28-34(24-26-44(36)54-46)50(32-17-9-6-10-18-32)42-22-14-12-20-40(42)48(3,4)52/h5-30,51-52H,1-4H3. The van der Waals surface area contributed by atoms with Gasteiger partial charge in [-0.25, -0.2) is 0 Å². The van der Waals surface area contributed by atoms with Crippen molar-refractivity contribution in [2.75, 3.05) is 9.80 Å². The number of furan rings is 2. The van der Waals surface area contributed by atoms with Gasteiger partial charge in [-0.2, -0.15) is 0 Å². The third kappa shape index (κ3) is 5.77. The highest BCUT2D eigenvalue weighted by Gasteiger charge is 2.27. The van der Waals surface area contributed by atoms with Crippen LogP contribution in [0.15, 0.2) is 167 Å². The molecule has 0 bridgehead atoms. The molecule has 9 aromatic rings. The number of rotatable bonds is 8. The molecule has 6 nitrogen and oxygen atoms in total. The molecule has 0 radical (unpaired) electrons.